The van der Waals surface area contributed by atoms with Crippen molar-refractivity contribution in [3.8, 4) is 0 Å². The fraction of sp³-hybridized carbons (Fsp3) is 0.143. The van der Waals surface area contributed by atoms with Gasteiger partial charge in [-0.2, -0.15) is 0 Å². The minimum absolute atomic E-state index is 0.253. The molecule has 0 radical (unpaired) electrons. The van der Waals surface area contributed by atoms with Crippen LogP contribution in [0.3, 0.4) is 0 Å². The van der Waals surface area contributed by atoms with Crippen LogP contribution in [-0.2, 0) is 12.8 Å². The Morgan fingerprint density at radius 2 is 1.95 bits per heavy atom. The van der Waals surface area contributed by atoms with E-state index in [2.05, 4.69) is 5.32 Å². The Hall–Kier alpha value is -2.41. The van der Waals surface area contributed by atoms with Gasteiger partial charge in [0.25, 0.3) is 5.91 Å². The first-order chi connectivity index (χ1) is 9.95. The molecule has 1 aromatic heterocycles. The van der Waals surface area contributed by atoms with E-state index in [1.807, 2.05) is 6.07 Å². The highest BCUT2D eigenvalue weighted by atomic mass is 32.1. The Morgan fingerprint density at radius 1 is 1.19 bits per heavy atom. The van der Waals surface area contributed by atoms with Gasteiger partial charge in [0.15, 0.2) is 0 Å². The van der Waals surface area contributed by atoms with Crippen LogP contribution in [0.1, 0.15) is 20.1 Å². The van der Waals surface area contributed by atoms with Gasteiger partial charge in [0.2, 0.25) is 0 Å². The molecule has 7 heteroatoms. The Morgan fingerprint density at radius 3 is 2.57 bits per heavy atom. The molecule has 0 unspecified atom stereocenters. The van der Waals surface area contributed by atoms with Crippen molar-refractivity contribution >= 4 is 29.0 Å². The number of urea groups is 1. The van der Waals surface area contributed by atoms with Crippen molar-refractivity contribution in [1.29, 1.82) is 0 Å². The van der Waals surface area contributed by atoms with Gasteiger partial charge in [-0.1, -0.05) is 12.1 Å². The number of rotatable bonds is 5. The van der Waals surface area contributed by atoms with Gasteiger partial charge in [-0.25, -0.2) is 9.18 Å². The number of benzene rings is 1. The summed E-state index contributed by atoms with van der Waals surface area (Å²) in [4.78, 5) is 23.3. The summed E-state index contributed by atoms with van der Waals surface area (Å²) in [5.41, 5.74) is 11.5. The molecule has 0 atom stereocenters. The number of amides is 3. The smallest absolute Gasteiger partial charge is 0.316 e. The first-order valence-corrected chi connectivity index (χ1v) is 7.01. The Bertz CT molecular complexity index is 685. The van der Waals surface area contributed by atoms with Crippen molar-refractivity contribution < 1.29 is 14.0 Å². The lowest BCUT2D eigenvalue weighted by Crippen LogP contribution is -2.21. The van der Waals surface area contributed by atoms with Gasteiger partial charge in [-0.15, -0.1) is 11.3 Å². The number of carbonyl (C=O) groups excluding carboxylic acids is 2. The summed E-state index contributed by atoms with van der Waals surface area (Å²) in [6, 6.07) is 7.23. The van der Waals surface area contributed by atoms with Crippen molar-refractivity contribution in [2.75, 3.05) is 5.32 Å². The van der Waals surface area contributed by atoms with Crippen LogP contribution in [-0.4, -0.2) is 11.9 Å². The van der Waals surface area contributed by atoms with E-state index in [4.69, 9.17) is 11.5 Å². The maximum absolute atomic E-state index is 13.1. The molecule has 110 valence electrons. The van der Waals surface area contributed by atoms with Gasteiger partial charge in [0.05, 0.1) is 5.69 Å². The van der Waals surface area contributed by atoms with Crippen molar-refractivity contribution in [2.24, 2.45) is 11.5 Å². The van der Waals surface area contributed by atoms with Gasteiger partial charge in [-0.05, 0) is 36.6 Å². The maximum Gasteiger partial charge on any atom is 0.316 e. The molecule has 3 amide bonds. The van der Waals surface area contributed by atoms with E-state index in [1.54, 1.807) is 12.1 Å². The molecule has 0 aliphatic heterocycles. The number of hydrogen-bond acceptors (Lipinski definition) is 3. The van der Waals surface area contributed by atoms with Crippen molar-refractivity contribution in [2.45, 2.75) is 12.8 Å². The lowest BCUT2D eigenvalue weighted by molar-refractivity contribution is 0.100. The van der Waals surface area contributed by atoms with E-state index in [1.165, 1.54) is 23.5 Å². The number of nitrogens with one attached hydrogen (secondary N) is 1. The third-order valence-corrected chi connectivity index (χ3v) is 4.02. The first kappa shape index (κ1) is 15.0. The third kappa shape index (κ3) is 4.03. The molecule has 5 nitrogen and oxygen atoms in total. The molecule has 5 N–H and O–H groups in total. The molecule has 1 heterocycles. The van der Waals surface area contributed by atoms with Gasteiger partial charge in [0, 0.05) is 4.88 Å². The lowest BCUT2D eigenvalue weighted by atomic mass is 10.1. The number of nitrogens with two attached hydrogens (primary N) is 2. The summed E-state index contributed by atoms with van der Waals surface area (Å²) in [5.74, 6) is -0.909. The van der Waals surface area contributed by atoms with E-state index in [0.29, 0.717) is 18.5 Å². The zero-order chi connectivity index (χ0) is 15.4. The van der Waals surface area contributed by atoms with Crippen molar-refractivity contribution in [3.05, 3.63) is 51.5 Å². The van der Waals surface area contributed by atoms with Crippen LogP contribution in [0.2, 0.25) is 0 Å². The lowest BCUT2D eigenvalue weighted by Gasteiger charge is -1.99. The number of aryl methyl sites for hydroxylation is 2. The Labute approximate surface area is 124 Å². The molecule has 2 aromatic rings. The SMILES string of the molecule is NC(=O)Nc1cc(CCc2cccc(F)c2)sc1C(N)=O. The summed E-state index contributed by atoms with van der Waals surface area (Å²) < 4.78 is 13.1. The molecule has 0 spiro atoms. The Kier molecular flexibility index (Phi) is 4.54. The predicted octanol–water partition coefficient (Wildman–Crippen LogP) is 2.26. The zero-order valence-electron chi connectivity index (χ0n) is 11.1. The molecular weight excluding hydrogens is 293 g/mol. The van der Waals surface area contributed by atoms with Crippen LogP contribution in [0, 0.1) is 5.82 Å². The molecular formula is C14H14FN3O2S. The number of hydrogen-bond donors (Lipinski definition) is 3. The average Bonchev–Trinajstić information content (AvgIpc) is 2.79. The summed E-state index contributed by atoms with van der Waals surface area (Å²) in [5, 5.41) is 2.37. The molecule has 2 rings (SSSR count). The number of anilines is 1. The van der Waals surface area contributed by atoms with Crippen LogP contribution >= 0.6 is 11.3 Å². The topological polar surface area (TPSA) is 98.2 Å². The van der Waals surface area contributed by atoms with Gasteiger partial charge < -0.3 is 16.8 Å². The standard InChI is InChI=1S/C14H14FN3O2S/c15-9-3-1-2-8(6-9)4-5-10-7-11(18-14(17)20)12(21-10)13(16)19/h1-3,6-7H,4-5H2,(H2,16,19)(H3,17,18,20). The molecule has 21 heavy (non-hydrogen) atoms. The van der Waals surface area contributed by atoms with E-state index in [9.17, 15) is 14.0 Å². The third-order valence-electron chi connectivity index (χ3n) is 2.81. The molecule has 0 aliphatic carbocycles. The summed E-state index contributed by atoms with van der Waals surface area (Å²) in [6.07, 6.45) is 1.22. The fourth-order valence-corrected chi connectivity index (χ4v) is 2.90. The molecule has 1 aromatic carbocycles. The maximum atomic E-state index is 13.1. The van der Waals surface area contributed by atoms with Gasteiger partial charge in [0.1, 0.15) is 10.7 Å². The van der Waals surface area contributed by atoms with Crippen LogP contribution in [0.4, 0.5) is 14.9 Å². The monoisotopic (exact) mass is 307 g/mol. The van der Waals surface area contributed by atoms with E-state index < -0.39 is 11.9 Å². The molecule has 0 bridgehead atoms. The predicted molar refractivity (Wildman–Crippen MR) is 79.9 cm³/mol. The quantitative estimate of drug-likeness (QED) is 0.789. The molecule has 0 saturated carbocycles. The van der Waals surface area contributed by atoms with Crippen LogP contribution in [0.5, 0.6) is 0 Å². The number of thiophene rings is 1. The minimum Gasteiger partial charge on any atom is -0.365 e. The molecule has 0 aliphatic rings. The second-order valence-electron chi connectivity index (χ2n) is 4.44. The largest absolute Gasteiger partial charge is 0.365 e. The number of carbonyl (C=O) groups is 2. The highest BCUT2D eigenvalue weighted by Gasteiger charge is 2.15. The molecule has 0 fully saturated rings. The fourth-order valence-electron chi connectivity index (χ4n) is 1.93. The van der Waals surface area contributed by atoms with Crippen molar-refractivity contribution in [3.63, 3.8) is 0 Å². The highest BCUT2D eigenvalue weighted by Crippen LogP contribution is 2.28. The highest BCUT2D eigenvalue weighted by molar-refractivity contribution is 7.14. The van der Waals surface area contributed by atoms with Crippen LogP contribution in [0.25, 0.3) is 0 Å². The second-order valence-corrected chi connectivity index (χ2v) is 5.58. The van der Waals surface area contributed by atoms with Gasteiger partial charge >= 0.3 is 6.03 Å². The van der Waals surface area contributed by atoms with E-state index in [0.717, 1.165) is 10.4 Å². The van der Waals surface area contributed by atoms with Crippen molar-refractivity contribution in [1.82, 2.24) is 0 Å². The zero-order valence-corrected chi connectivity index (χ0v) is 11.9. The van der Waals surface area contributed by atoms with E-state index >= 15 is 0 Å². The first-order valence-electron chi connectivity index (χ1n) is 6.19. The molecule has 0 saturated heterocycles. The Balaban J connectivity index is 2.13. The van der Waals surface area contributed by atoms with Crippen LogP contribution < -0.4 is 16.8 Å². The average molecular weight is 307 g/mol. The second kappa shape index (κ2) is 6.36. The van der Waals surface area contributed by atoms with E-state index in [-0.39, 0.29) is 10.7 Å². The number of halogens is 1. The number of primary amides is 2. The van der Waals surface area contributed by atoms with Gasteiger partial charge in [-0.3, -0.25) is 4.79 Å². The minimum atomic E-state index is -0.757. The summed E-state index contributed by atoms with van der Waals surface area (Å²) in [6.45, 7) is 0. The normalized spacial score (nSPS) is 10.3. The van der Waals surface area contributed by atoms with Crippen LogP contribution in [0.15, 0.2) is 30.3 Å². The summed E-state index contributed by atoms with van der Waals surface area (Å²) >= 11 is 1.19. The summed E-state index contributed by atoms with van der Waals surface area (Å²) in [7, 11) is 0.